The fourth-order valence-electron chi connectivity index (χ4n) is 2.20. The highest BCUT2D eigenvalue weighted by molar-refractivity contribution is 5.96. The van der Waals surface area contributed by atoms with E-state index in [-0.39, 0.29) is 11.0 Å². The first-order valence-corrected chi connectivity index (χ1v) is 5.82. The fraction of sp³-hybridized carbons (Fsp3) is 0.0714. The summed E-state index contributed by atoms with van der Waals surface area (Å²) in [5, 5.41) is 9.75. The normalized spacial score (nSPS) is 11.1. The molecule has 6 heteroatoms. The average Bonchev–Trinajstić information content (AvgIpc) is 2.43. The van der Waals surface area contributed by atoms with Gasteiger partial charge in [0.05, 0.1) is 10.9 Å². The Morgan fingerprint density at radius 1 is 1.35 bits per heavy atom. The first-order valence-electron chi connectivity index (χ1n) is 5.82. The van der Waals surface area contributed by atoms with E-state index < -0.39 is 22.9 Å². The summed E-state index contributed by atoms with van der Waals surface area (Å²) in [5.74, 6) is -2.68. The molecule has 2 aromatic heterocycles. The minimum atomic E-state index is -1.59. The van der Waals surface area contributed by atoms with Crippen LogP contribution in [0.15, 0.2) is 35.1 Å². The van der Waals surface area contributed by atoms with Crippen molar-refractivity contribution >= 4 is 27.9 Å². The molecule has 1 N–H and O–H groups in total. The van der Waals surface area contributed by atoms with Crippen molar-refractivity contribution in [1.29, 1.82) is 0 Å². The van der Waals surface area contributed by atoms with E-state index in [9.17, 15) is 14.0 Å². The van der Waals surface area contributed by atoms with Crippen LogP contribution in [0.1, 0.15) is 10.4 Å². The van der Waals surface area contributed by atoms with Gasteiger partial charge in [-0.2, -0.15) is 4.39 Å². The van der Waals surface area contributed by atoms with Gasteiger partial charge >= 0.3 is 5.97 Å². The summed E-state index contributed by atoms with van der Waals surface area (Å²) in [6.07, 6.45) is 0. The van der Waals surface area contributed by atoms with Gasteiger partial charge in [-0.1, -0.05) is 18.2 Å². The predicted octanol–water partition coefficient (Wildman–Crippen LogP) is 1.92. The van der Waals surface area contributed by atoms with E-state index in [0.717, 1.165) is 4.57 Å². The monoisotopic (exact) mass is 272 g/mol. The van der Waals surface area contributed by atoms with Crippen molar-refractivity contribution in [3.05, 3.63) is 52.1 Å². The van der Waals surface area contributed by atoms with Crippen LogP contribution in [-0.2, 0) is 7.05 Å². The molecule has 0 spiro atoms. The number of para-hydroxylation sites is 1. The van der Waals surface area contributed by atoms with Gasteiger partial charge in [0.15, 0.2) is 5.56 Å². The minimum absolute atomic E-state index is 0.0880. The Morgan fingerprint density at radius 2 is 2.05 bits per heavy atom. The molecule has 0 saturated carbocycles. The molecular formula is C14H9FN2O3. The second kappa shape index (κ2) is 4.12. The van der Waals surface area contributed by atoms with E-state index in [0.29, 0.717) is 10.9 Å². The van der Waals surface area contributed by atoms with Gasteiger partial charge in [0, 0.05) is 12.4 Å². The van der Waals surface area contributed by atoms with Crippen LogP contribution in [0.25, 0.3) is 21.9 Å². The van der Waals surface area contributed by atoms with Gasteiger partial charge < -0.3 is 9.67 Å². The second-order valence-electron chi connectivity index (χ2n) is 4.41. The number of aromatic nitrogens is 2. The molecule has 5 nitrogen and oxygen atoms in total. The van der Waals surface area contributed by atoms with Crippen LogP contribution in [0.2, 0.25) is 0 Å². The van der Waals surface area contributed by atoms with E-state index in [2.05, 4.69) is 4.98 Å². The van der Waals surface area contributed by atoms with Crippen LogP contribution in [0, 0.1) is 5.95 Å². The number of fused-ring (bicyclic) bond motifs is 2. The molecule has 0 bridgehead atoms. The zero-order valence-corrected chi connectivity index (χ0v) is 10.4. The summed E-state index contributed by atoms with van der Waals surface area (Å²) in [6.45, 7) is 0. The van der Waals surface area contributed by atoms with E-state index in [1.165, 1.54) is 13.1 Å². The highest BCUT2D eigenvalue weighted by Gasteiger charge is 2.21. The maximum Gasteiger partial charge on any atom is 0.344 e. The van der Waals surface area contributed by atoms with Crippen LogP contribution in [0.4, 0.5) is 4.39 Å². The van der Waals surface area contributed by atoms with E-state index >= 15 is 0 Å². The molecule has 3 rings (SSSR count). The molecule has 0 aliphatic carbocycles. The number of hydrogen-bond donors (Lipinski definition) is 1. The third-order valence-electron chi connectivity index (χ3n) is 3.21. The first-order chi connectivity index (χ1) is 9.50. The number of nitrogens with zero attached hydrogens (tertiary/aromatic N) is 2. The Bertz CT molecular complexity index is 931. The van der Waals surface area contributed by atoms with Gasteiger partial charge in [-0.25, -0.2) is 9.78 Å². The van der Waals surface area contributed by atoms with Crippen molar-refractivity contribution in [1.82, 2.24) is 9.55 Å². The Labute approximate surface area is 111 Å². The number of aromatic carboxylic acids is 1. The van der Waals surface area contributed by atoms with E-state index in [1.54, 1.807) is 24.3 Å². The summed E-state index contributed by atoms with van der Waals surface area (Å²) in [7, 11) is 1.34. The van der Waals surface area contributed by atoms with Gasteiger partial charge in [0.2, 0.25) is 11.4 Å². The molecule has 3 aromatic rings. The number of rotatable bonds is 1. The fourth-order valence-corrected chi connectivity index (χ4v) is 2.20. The van der Waals surface area contributed by atoms with Crippen LogP contribution in [0.3, 0.4) is 0 Å². The van der Waals surface area contributed by atoms with Crippen molar-refractivity contribution in [2.45, 2.75) is 0 Å². The molecule has 20 heavy (non-hydrogen) atoms. The SMILES string of the molecule is Cn1c(F)c(C(=O)O)c(=O)c2cc3ccccc3nc21. The summed E-state index contributed by atoms with van der Waals surface area (Å²) in [5.41, 5.74) is -0.993. The highest BCUT2D eigenvalue weighted by atomic mass is 19.1. The molecule has 0 amide bonds. The smallest absolute Gasteiger partial charge is 0.344 e. The number of pyridine rings is 2. The Balaban J connectivity index is 2.59. The van der Waals surface area contributed by atoms with E-state index in [4.69, 9.17) is 5.11 Å². The van der Waals surface area contributed by atoms with Crippen LogP contribution >= 0.6 is 0 Å². The van der Waals surface area contributed by atoms with Crippen molar-refractivity contribution < 1.29 is 14.3 Å². The van der Waals surface area contributed by atoms with Crippen molar-refractivity contribution in [3.8, 4) is 0 Å². The quantitative estimate of drug-likeness (QED) is 0.542. The van der Waals surface area contributed by atoms with Gasteiger partial charge in [0.1, 0.15) is 5.65 Å². The van der Waals surface area contributed by atoms with Gasteiger partial charge in [0.25, 0.3) is 0 Å². The highest BCUT2D eigenvalue weighted by Crippen LogP contribution is 2.18. The number of aryl methyl sites for hydroxylation is 1. The van der Waals surface area contributed by atoms with Gasteiger partial charge in [-0.15, -0.1) is 0 Å². The molecule has 0 unspecified atom stereocenters. The van der Waals surface area contributed by atoms with Crippen LogP contribution < -0.4 is 5.43 Å². The third kappa shape index (κ3) is 1.58. The largest absolute Gasteiger partial charge is 0.477 e. The molecule has 1 aromatic carbocycles. The number of carboxylic acids is 1. The molecule has 0 atom stereocenters. The van der Waals surface area contributed by atoms with Crippen molar-refractivity contribution in [2.24, 2.45) is 7.05 Å². The van der Waals surface area contributed by atoms with Crippen molar-refractivity contribution in [2.75, 3.05) is 0 Å². The summed E-state index contributed by atoms with van der Waals surface area (Å²) < 4.78 is 15.0. The molecule has 100 valence electrons. The second-order valence-corrected chi connectivity index (χ2v) is 4.41. The molecular weight excluding hydrogens is 263 g/mol. The number of halogens is 1. The number of carbonyl (C=O) groups is 1. The third-order valence-corrected chi connectivity index (χ3v) is 3.21. The zero-order chi connectivity index (χ0) is 14.4. The summed E-state index contributed by atoms with van der Waals surface area (Å²) >= 11 is 0. The lowest BCUT2D eigenvalue weighted by molar-refractivity contribution is 0.0688. The standard InChI is InChI=1S/C14H9FN2O3/c1-17-12(15)10(14(19)20)11(18)8-6-7-4-2-3-5-9(7)16-13(8)17/h2-6H,1H3,(H,19,20). The lowest BCUT2D eigenvalue weighted by atomic mass is 10.1. The van der Waals surface area contributed by atoms with E-state index in [1.807, 2.05) is 0 Å². The molecule has 0 aliphatic heterocycles. The number of hydrogen-bond acceptors (Lipinski definition) is 3. The minimum Gasteiger partial charge on any atom is -0.477 e. The molecule has 2 heterocycles. The maximum absolute atomic E-state index is 14.0. The van der Waals surface area contributed by atoms with Gasteiger partial charge in [-0.3, -0.25) is 4.79 Å². The lowest BCUT2D eigenvalue weighted by Gasteiger charge is -2.09. The Hall–Kier alpha value is -2.76. The summed E-state index contributed by atoms with van der Waals surface area (Å²) in [6, 6.07) is 8.59. The maximum atomic E-state index is 14.0. The molecule has 0 fully saturated rings. The number of carboxylic acid groups (broad SMARTS) is 1. The Morgan fingerprint density at radius 3 is 2.75 bits per heavy atom. The molecule has 0 radical (unpaired) electrons. The summed E-state index contributed by atoms with van der Waals surface area (Å²) in [4.78, 5) is 27.4. The average molecular weight is 272 g/mol. The van der Waals surface area contributed by atoms with Crippen LogP contribution in [0.5, 0.6) is 0 Å². The zero-order valence-electron chi connectivity index (χ0n) is 10.4. The number of benzene rings is 1. The lowest BCUT2D eigenvalue weighted by Crippen LogP contribution is -2.22. The molecule has 0 saturated heterocycles. The predicted molar refractivity (Wildman–Crippen MR) is 71.4 cm³/mol. The van der Waals surface area contributed by atoms with Gasteiger partial charge in [-0.05, 0) is 12.1 Å². The molecule has 0 aliphatic rings. The topological polar surface area (TPSA) is 72.2 Å². The van der Waals surface area contributed by atoms with Crippen LogP contribution in [-0.4, -0.2) is 20.6 Å². The Kier molecular flexibility index (Phi) is 2.53. The first kappa shape index (κ1) is 12.3. The van der Waals surface area contributed by atoms with Crippen molar-refractivity contribution in [3.63, 3.8) is 0 Å².